The molecule has 0 spiro atoms. The average Bonchev–Trinajstić information content (AvgIpc) is 2.95. The lowest BCUT2D eigenvalue weighted by molar-refractivity contribution is 0.158. The maximum absolute atomic E-state index is 3.61. The number of hydrogen-bond acceptors (Lipinski definition) is 1. The third-order valence-corrected chi connectivity index (χ3v) is 5.79. The van der Waals surface area contributed by atoms with Crippen LogP contribution in [0, 0.1) is 19.8 Å². The van der Waals surface area contributed by atoms with Crippen molar-refractivity contribution in [1.82, 2.24) is 9.88 Å². The van der Waals surface area contributed by atoms with Crippen LogP contribution in [0.3, 0.4) is 0 Å². The van der Waals surface area contributed by atoms with Gasteiger partial charge in [0.2, 0.25) is 0 Å². The van der Waals surface area contributed by atoms with Crippen LogP contribution in [-0.4, -0.2) is 23.0 Å². The van der Waals surface area contributed by atoms with Gasteiger partial charge >= 0.3 is 0 Å². The summed E-state index contributed by atoms with van der Waals surface area (Å²) in [5, 5.41) is 1.36. The molecule has 0 unspecified atom stereocenters. The first kappa shape index (κ1) is 16.4. The predicted octanol–water partition coefficient (Wildman–Crippen LogP) is 5.61. The maximum Gasteiger partial charge on any atom is 0.0625 e. The maximum atomic E-state index is 3.61. The highest BCUT2D eigenvalue weighted by molar-refractivity contribution is 5.85. The molecule has 1 N–H and O–H groups in total. The average molecular weight is 332 g/mol. The number of para-hydroxylation sites is 1. The summed E-state index contributed by atoms with van der Waals surface area (Å²) < 4.78 is 0. The van der Waals surface area contributed by atoms with Gasteiger partial charge in [0.15, 0.2) is 0 Å². The van der Waals surface area contributed by atoms with E-state index in [2.05, 4.69) is 79.2 Å². The van der Waals surface area contributed by atoms with Crippen LogP contribution in [0.25, 0.3) is 10.9 Å². The summed E-state index contributed by atoms with van der Waals surface area (Å²) in [5.74, 6) is 0.846. The van der Waals surface area contributed by atoms with E-state index in [4.69, 9.17) is 0 Å². The molecule has 25 heavy (non-hydrogen) atoms. The molecule has 2 aromatic carbocycles. The number of H-pyrrole nitrogens is 1. The van der Waals surface area contributed by atoms with Crippen molar-refractivity contribution in [3.63, 3.8) is 0 Å². The Morgan fingerprint density at radius 2 is 1.64 bits per heavy atom. The van der Waals surface area contributed by atoms with Crippen LogP contribution in [0.2, 0.25) is 0 Å². The van der Waals surface area contributed by atoms with E-state index in [0.717, 1.165) is 5.92 Å². The van der Waals surface area contributed by atoms with Gasteiger partial charge in [0, 0.05) is 22.2 Å². The monoisotopic (exact) mass is 332 g/mol. The van der Waals surface area contributed by atoms with Gasteiger partial charge in [-0.25, -0.2) is 0 Å². The number of rotatable bonds is 3. The van der Waals surface area contributed by atoms with Crippen molar-refractivity contribution in [1.29, 1.82) is 0 Å². The summed E-state index contributed by atoms with van der Waals surface area (Å²) in [6.45, 7) is 9.13. The van der Waals surface area contributed by atoms with Gasteiger partial charge in [-0.1, -0.05) is 55.0 Å². The van der Waals surface area contributed by atoms with Gasteiger partial charge in [0.25, 0.3) is 0 Å². The molecule has 0 saturated carbocycles. The molecule has 0 aliphatic carbocycles. The summed E-state index contributed by atoms with van der Waals surface area (Å²) in [5.41, 5.74) is 6.73. The Morgan fingerprint density at radius 3 is 2.36 bits per heavy atom. The summed E-state index contributed by atoms with van der Waals surface area (Å²) in [6, 6.07) is 18.2. The quantitative estimate of drug-likeness (QED) is 0.661. The van der Waals surface area contributed by atoms with Gasteiger partial charge in [-0.05, 0) is 57.3 Å². The summed E-state index contributed by atoms with van der Waals surface area (Å²) in [6.07, 6.45) is 2.59. The number of aromatic nitrogens is 1. The number of nitrogens with zero attached hydrogens (tertiary/aromatic N) is 1. The topological polar surface area (TPSA) is 19.0 Å². The lowest BCUT2D eigenvalue weighted by Gasteiger charge is -2.37. The van der Waals surface area contributed by atoms with Gasteiger partial charge < -0.3 is 4.98 Å². The van der Waals surface area contributed by atoms with Crippen LogP contribution < -0.4 is 0 Å². The Labute approximate surface area is 150 Å². The lowest BCUT2D eigenvalue weighted by atomic mass is 9.90. The van der Waals surface area contributed by atoms with Gasteiger partial charge in [0.1, 0.15) is 0 Å². The number of piperidine rings is 1. The minimum Gasteiger partial charge on any atom is -0.358 e. The molecular formula is C23H28N2. The number of aromatic amines is 1. The first-order valence-electron chi connectivity index (χ1n) is 9.51. The molecular weight excluding hydrogens is 304 g/mol. The van der Waals surface area contributed by atoms with Crippen molar-refractivity contribution < 1.29 is 0 Å². The van der Waals surface area contributed by atoms with E-state index in [1.807, 2.05) is 0 Å². The van der Waals surface area contributed by atoms with Crippen LogP contribution in [0.4, 0.5) is 0 Å². The summed E-state index contributed by atoms with van der Waals surface area (Å²) >= 11 is 0. The Morgan fingerprint density at radius 1 is 0.960 bits per heavy atom. The van der Waals surface area contributed by atoms with Gasteiger partial charge in [-0.2, -0.15) is 0 Å². The minimum atomic E-state index is 0.337. The van der Waals surface area contributed by atoms with Crippen molar-refractivity contribution in [2.75, 3.05) is 13.1 Å². The number of hydrogen-bond donors (Lipinski definition) is 1. The molecule has 1 fully saturated rings. The molecule has 1 atom stereocenters. The van der Waals surface area contributed by atoms with Crippen molar-refractivity contribution in [2.24, 2.45) is 5.92 Å². The smallest absolute Gasteiger partial charge is 0.0625 e. The van der Waals surface area contributed by atoms with Crippen molar-refractivity contribution in [2.45, 2.75) is 39.7 Å². The van der Waals surface area contributed by atoms with E-state index in [0.29, 0.717) is 6.04 Å². The molecule has 0 amide bonds. The molecule has 1 aliphatic rings. The Hall–Kier alpha value is -2.06. The largest absolute Gasteiger partial charge is 0.358 e. The third-order valence-electron chi connectivity index (χ3n) is 5.79. The highest BCUT2D eigenvalue weighted by atomic mass is 15.2. The number of aryl methyl sites for hydroxylation is 2. The van der Waals surface area contributed by atoms with Crippen LogP contribution in [0.1, 0.15) is 48.2 Å². The molecule has 2 heterocycles. The van der Waals surface area contributed by atoms with Crippen molar-refractivity contribution in [3.05, 3.63) is 70.9 Å². The van der Waals surface area contributed by atoms with Gasteiger partial charge in [-0.15, -0.1) is 0 Å². The molecule has 3 aromatic rings. The molecule has 1 aromatic heterocycles. The second-order valence-corrected chi connectivity index (χ2v) is 7.74. The van der Waals surface area contributed by atoms with E-state index >= 15 is 0 Å². The fourth-order valence-electron chi connectivity index (χ4n) is 4.25. The standard InChI is InChI=1S/C23H28N2/c1-16-8-10-19(11-9-16)23(25-14-12-17(2)13-15-25)22-18(3)24-21-7-5-4-6-20(21)22/h4-11,17,23-24H,12-15H2,1-3H3/t23-/m0/s1. The van der Waals surface area contributed by atoms with E-state index < -0.39 is 0 Å². The van der Waals surface area contributed by atoms with Crippen LogP contribution >= 0.6 is 0 Å². The summed E-state index contributed by atoms with van der Waals surface area (Å²) in [7, 11) is 0. The van der Waals surface area contributed by atoms with Gasteiger partial charge in [0.05, 0.1) is 6.04 Å². The molecule has 0 bridgehead atoms. The SMILES string of the molecule is Cc1ccc([C@@H](c2c(C)[nH]c3ccccc23)N2CCC(C)CC2)cc1. The molecule has 2 heteroatoms. The molecule has 4 rings (SSSR count). The van der Waals surface area contributed by atoms with Gasteiger partial charge in [-0.3, -0.25) is 4.90 Å². The Kier molecular flexibility index (Phi) is 4.39. The van der Waals surface area contributed by atoms with Crippen molar-refractivity contribution in [3.8, 4) is 0 Å². The number of fused-ring (bicyclic) bond motifs is 1. The first-order chi connectivity index (χ1) is 12.1. The van der Waals surface area contributed by atoms with E-state index in [1.165, 1.54) is 59.2 Å². The second-order valence-electron chi connectivity index (χ2n) is 7.74. The fraction of sp³-hybridized carbons (Fsp3) is 0.391. The van der Waals surface area contributed by atoms with E-state index in [9.17, 15) is 0 Å². The minimum absolute atomic E-state index is 0.337. The molecule has 2 nitrogen and oxygen atoms in total. The Balaban J connectivity index is 1.84. The van der Waals surface area contributed by atoms with E-state index in [-0.39, 0.29) is 0 Å². The zero-order valence-electron chi connectivity index (χ0n) is 15.5. The Bertz CT molecular complexity index is 851. The molecule has 130 valence electrons. The van der Waals surface area contributed by atoms with E-state index in [1.54, 1.807) is 0 Å². The number of benzene rings is 2. The highest BCUT2D eigenvalue weighted by Gasteiger charge is 2.29. The normalized spacial score (nSPS) is 17.9. The summed E-state index contributed by atoms with van der Waals surface area (Å²) in [4.78, 5) is 6.30. The van der Waals surface area contributed by atoms with Crippen molar-refractivity contribution >= 4 is 10.9 Å². The van der Waals surface area contributed by atoms with Crippen LogP contribution in [0.5, 0.6) is 0 Å². The lowest BCUT2D eigenvalue weighted by Crippen LogP contribution is -2.37. The molecule has 1 aliphatic heterocycles. The second kappa shape index (κ2) is 6.68. The molecule has 1 saturated heterocycles. The first-order valence-corrected chi connectivity index (χ1v) is 9.51. The fourth-order valence-corrected chi connectivity index (χ4v) is 4.25. The molecule has 0 radical (unpaired) electrons. The predicted molar refractivity (Wildman–Crippen MR) is 106 cm³/mol. The number of nitrogens with one attached hydrogen (secondary N) is 1. The van der Waals surface area contributed by atoms with Crippen LogP contribution in [-0.2, 0) is 0 Å². The third kappa shape index (κ3) is 3.11. The highest BCUT2D eigenvalue weighted by Crippen LogP contribution is 2.38. The zero-order chi connectivity index (χ0) is 17.4. The zero-order valence-corrected chi connectivity index (χ0v) is 15.5. The number of likely N-dealkylation sites (tertiary alicyclic amines) is 1. The van der Waals surface area contributed by atoms with Crippen LogP contribution in [0.15, 0.2) is 48.5 Å².